The van der Waals surface area contributed by atoms with Crippen LogP contribution in [0.4, 0.5) is 0 Å². The number of nitrogens with two attached hydrogens (primary N) is 1. The zero-order valence-corrected chi connectivity index (χ0v) is 32.6. The van der Waals surface area contributed by atoms with E-state index in [1.807, 2.05) is 24.3 Å². The first-order valence-electron chi connectivity index (χ1n) is 18.1. The molecular weight excluding hydrogens is 716 g/mol. The number of para-hydroxylation sites is 1. The number of aliphatic hydroxyl groups is 1. The molecule has 11 N–H and O–H groups in total. The fourth-order valence-electron chi connectivity index (χ4n) is 5.51. The van der Waals surface area contributed by atoms with Gasteiger partial charge in [0.25, 0.3) is 0 Å². The lowest BCUT2D eigenvalue weighted by molar-refractivity contribution is -0.145. The Morgan fingerprint density at radius 2 is 1.49 bits per heavy atom. The summed E-state index contributed by atoms with van der Waals surface area (Å²) < 4.78 is 0. The molecule has 0 unspecified atom stereocenters. The van der Waals surface area contributed by atoms with Crippen molar-refractivity contribution in [3.05, 3.63) is 36.0 Å². The first-order valence-corrected chi connectivity index (χ1v) is 18.1. The van der Waals surface area contributed by atoms with Crippen molar-refractivity contribution in [2.24, 2.45) is 11.7 Å². The normalized spacial score (nSPS) is 15.8. The van der Waals surface area contributed by atoms with E-state index >= 15 is 0 Å². The number of rotatable bonds is 20. The van der Waals surface area contributed by atoms with E-state index in [-0.39, 0.29) is 19.3 Å². The second-order valence-corrected chi connectivity index (χ2v) is 14.5. The number of aromatic amines is 1. The van der Waals surface area contributed by atoms with Crippen LogP contribution in [0, 0.1) is 5.92 Å². The summed E-state index contributed by atoms with van der Waals surface area (Å²) in [5, 5.41) is 34.4. The number of aliphatic carboxylic acids is 1. The first kappa shape index (κ1) is 45.8. The number of imide groups is 1. The van der Waals surface area contributed by atoms with Crippen LogP contribution >= 0.6 is 0 Å². The van der Waals surface area contributed by atoms with Crippen LogP contribution in [-0.2, 0) is 44.8 Å². The number of fused-ring (bicyclic) bond motifs is 1. The molecule has 0 bridgehead atoms. The van der Waals surface area contributed by atoms with E-state index in [4.69, 9.17) is 5.73 Å². The highest BCUT2D eigenvalue weighted by molar-refractivity contribution is 6.03. The molecule has 7 amide bonds. The van der Waals surface area contributed by atoms with Gasteiger partial charge < -0.3 is 47.5 Å². The zero-order valence-electron chi connectivity index (χ0n) is 32.6. The van der Waals surface area contributed by atoms with E-state index in [2.05, 4.69) is 36.9 Å². The van der Waals surface area contributed by atoms with Crippen molar-refractivity contribution in [1.82, 2.24) is 36.9 Å². The summed E-state index contributed by atoms with van der Waals surface area (Å²) in [7, 11) is 0. The van der Waals surface area contributed by atoms with E-state index in [9.17, 15) is 48.6 Å². The molecule has 18 nitrogen and oxygen atoms in total. The molecule has 1 aromatic carbocycles. The topological polar surface area (TPSA) is 291 Å². The third-order valence-electron chi connectivity index (χ3n) is 9.50. The van der Waals surface area contributed by atoms with Gasteiger partial charge >= 0.3 is 5.97 Å². The van der Waals surface area contributed by atoms with Gasteiger partial charge in [-0.2, -0.15) is 0 Å². The first-order chi connectivity index (χ1) is 25.6. The minimum Gasteiger partial charge on any atom is -0.480 e. The van der Waals surface area contributed by atoms with Crippen LogP contribution in [0.3, 0.4) is 0 Å². The lowest BCUT2D eigenvalue weighted by Crippen LogP contribution is -2.66. The summed E-state index contributed by atoms with van der Waals surface area (Å²) in [5.41, 5.74) is 4.87. The number of H-pyrrole nitrogens is 1. The highest BCUT2D eigenvalue weighted by Gasteiger charge is 2.41. The summed E-state index contributed by atoms with van der Waals surface area (Å²) in [4.78, 5) is 106. The zero-order chi connectivity index (χ0) is 41.8. The van der Waals surface area contributed by atoms with Gasteiger partial charge in [-0.15, -0.1) is 0 Å². The van der Waals surface area contributed by atoms with E-state index in [0.29, 0.717) is 6.42 Å². The third-order valence-corrected chi connectivity index (χ3v) is 9.50. The van der Waals surface area contributed by atoms with Crippen molar-refractivity contribution in [1.29, 1.82) is 0 Å². The van der Waals surface area contributed by atoms with Crippen LogP contribution < -0.4 is 37.6 Å². The Morgan fingerprint density at radius 1 is 0.855 bits per heavy atom. The molecule has 1 aromatic heterocycles. The molecule has 1 heterocycles. The maximum atomic E-state index is 13.6. The van der Waals surface area contributed by atoms with Crippen LogP contribution in [0.2, 0.25) is 0 Å². The summed E-state index contributed by atoms with van der Waals surface area (Å²) in [6.45, 7) is 11.7. The smallest absolute Gasteiger partial charge is 0.328 e. The van der Waals surface area contributed by atoms with Gasteiger partial charge in [-0.1, -0.05) is 45.4 Å². The molecular formula is C37H56N8O10. The van der Waals surface area contributed by atoms with Gasteiger partial charge in [0.05, 0.1) is 12.1 Å². The second kappa shape index (κ2) is 19.8. The molecule has 7 atom stereocenters. The molecule has 0 radical (unpaired) electrons. The van der Waals surface area contributed by atoms with Crippen LogP contribution in [0.1, 0.15) is 86.6 Å². The molecule has 2 aromatic rings. The predicted octanol–water partition coefficient (Wildman–Crippen LogP) is -0.374. The molecule has 0 aliphatic rings. The molecule has 0 saturated carbocycles. The van der Waals surface area contributed by atoms with E-state index < -0.39 is 101 Å². The number of benzene rings is 1. The fraction of sp³-hybridized carbons (Fsp3) is 0.568. The highest BCUT2D eigenvalue weighted by atomic mass is 16.4. The van der Waals surface area contributed by atoms with Gasteiger partial charge in [-0.3, -0.25) is 38.9 Å². The maximum absolute atomic E-state index is 13.6. The minimum absolute atomic E-state index is 0.139. The fourth-order valence-corrected chi connectivity index (χ4v) is 5.51. The highest BCUT2D eigenvalue weighted by Crippen LogP contribution is 2.20. The molecule has 55 heavy (non-hydrogen) atoms. The molecule has 18 heteroatoms. The molecule has 0 aliphatic carbocycles. The van der Waals surface area contributed by atoms with Gasteiger partial charge in [-0.25, -0.2) is 4.79 Å². The van der Waals surface area contributed by atoms with Gasteiger partial charge in [0, 0.05) is 30.4 Å². The van der Waals surface area contributed by atoms with Crippen molar-refractivity contribution < 1.29 is 48.6 Å². The van der Waals surface area contributed by atoms with Crippen molar-refractivity contribution >= 4 is 58.2 Å². The lowest BCUT2D eigenvalue weighted by atomic mass is 9.92. The maximum Gasteiger partial charge on any atom is 0.328 e. The molecule has 0 spiro atoms. The SMILES string of the molecule is CC[C@H](C)[C@H](NC(=O)C(C)(C)NC(=O)[C@](C)(CC)NC(=O)[C@H](N)Cc1c[nH]c2ccccc12)C(=O)NC(=O)[C@H](CCC(=O)N[C@@H](C(=O)O)[C@@H](C)O)NC(C)=O. The van der Waals surface area contributed by atoms with Crippen LogP contribution in [0.25, 0.3) is 10.9 Å². The molecule has 0 saturated heterocycles. The van der Waals surface area contributed by atoms with Crippen LogP contribution in [0.5, 0.6) is 0 Å². The Hall–Kier alpha value is -5.36. The summed E-state index contributed by atoms with van der Waals surface area (Å²) >= 11 is 0. The summed E-state index contributed by atoms with van der Waals surface area (Å²) in [6.07, 6.45) is 0.289. The van der Waals surface area contributed by atoms with Gasteiger partial charge in [0.15, 0.2) is 6.04 Å². The number of carboxylic acid groups (broad SMARTS) is 1. The van der Waals surface area contributed by atoms with Gasteiger partial charge in [-0.05, 0) is 64.5 Å². The van der Waals surface area contributed by atoms with Crippen molar-refractivity contribution in [2.75, 3.05) is 0 Å². The Morgan fingerprint density at radius 3 is 2.05 bits per heavy atom. The summed E-state index contributed by atoms with van der Waals surface area (Å²) in [6, 6.07) is 2.27. The van der Waals surface area contributed by atoms with Crippen LogP contribution in [0.15, 0.2) is 30.5 Å². The van der Waals surface area contributed by atoms with Gasteiger partial charge in [0.1, 0.15) is 23.2 Å². The van der Waals surface area contributed by atoms with Crippen molar-refractivity contribution in [2.45, 2.75) is 129 Å². The average molecular weight is 773 g/mol. The number of hydrogen-bond donors (Lipinski definition) is 10. The largest absolute Gasteiger partial charge is 0.480 e. The number of carbonyl (C=O) groups excluding carboxylic acids is 7. The lowest BCUT2D eigenvalue weighted by Gasteiger charge is -2.35. The number of amides is 7. The number of hydrogen-bond acceptors (Lipinski definition) is 10. The Bertz CT molecular complexity index is 1740. The molecule has 304 valence electrons. The van der Waals surface area contributed by atoms with E-state index in [0.717, 1.165) is 23.4 Å². The minimum atomic E-state index is -1.63. The van der Waals surface area contributed by atoms with Gasteiger partial charge in [0.2, 0.25) is 41.4 Å². The quantitative estimate of drug-likeness (QED) is 0.0828. The predicted molar refractivity (Wildman–Crippen MR) is 202 cm³/mol. The molecule has 0 fully saturated rings. The number of aromatic nitrogens is 1. The standard InChI is InChI=1S/C37H56N8O10/c1-9-19(3)28(32(51)43-31(50)26(40-21(5)47)15-16-27(48)41-29(20(4)46)33(52)53)42-34(54)36(6,7)45-35(55)37(8,10-2)44-30(49)24(38)17-22-18-39-25-14-12-11-13-23(22)25/h11-14,18-20,24,26,28-29,39,46H,9-10,15-17,38H2,1-8H3,(H,40,47)(H,41,48)(H,42,54)(H,44,49)(H,45,55)(H,52,53)(H,43,50,51)/t19-,20+,24+,26-,28-,29+,37-/m0/s1. The number of carbonyl (C=O) groups is 8. The summed E-state index contributed by atoms with van der Waals surface area (Å²) in [5.74, 6) is -7.46. The van der Waals surface area contributed by atoms with Crippen LogP contribution in [-0.4, -0.2) is 104 Å². The molecule has 2 rings (SSSR count). The monoisotopic (exact) mass is 772 g/mol. The van der Waals surface area contributed by atoms with E-state index in [1.54, 1.807) is 27.0 Å². The van der Waals surface area contributed by atoms with Crippen molar-refractivity contribution in [3.8, 4) is 0 Å². The average Bonchev–Trinajstić information content (AvgIpc) is 3.52. The number of nitrogens with one attached hydrogen (secondary N) is 7. The Kier molecular flexibility index (Phi) is 16.5. The second-order valence-electron chi connectivity index (χ2n) is 14.5. The number of aliphatic hydroxyl groups excluding tert-OH is 1. The third kappa shape index (κ3) is 12.9. The Balaban J connectivity index is 2.12. The van der Waals surface area contributed by atoms with E-state index in [1.165, 1.54) is 27.7 Å². The molecule has 0 aliphatic heterocycles. The number of carboxylic acids is 1. The Labute approximate surface area is 319 Å². The van der Waals surface area contributed by atoms with Crippen molar-refractivity contribution in [3.63, 3.8) is 0 Å².